The number of benzene rings is 1. The monoisotopic (exact) mass is 460 g/mol. The van der Waals surface area contributed by atoms with Gasteiger partial charge in [-0.2, -0.15) is 0 Å². The minimum Gasteiger partial charge on any atom is -0.506 e. The molecule has 0 aromatic heterocycles. The maximum Gasteiger partial charge on any atom is 0.139 e. The highest BCUT2D eigenvalue weighted by Gasteiger charge is 2.12. The topological polar surface area (TPSA) is 35.5 Å². The van der Waals surface area contributed by atoms with Crippen molar-refractivity contribution in [2.45, 2.75) is 136 Å². The predicted octanol–water partition coefficient (Wildman–Crippen LogP) is 9.69. The molecule has 0 heterocycles. The van der Waals surface area contributed by atoms with Gasteiger partial charge in [0.2, 0.25) is 0 Å². The number of hydrogen-bond acceptors (Lipinski definition) is 3. The lowest BCUT2D eigenvalue weighted by molar-refractivity contribution is 0.472. The van der Waals surface area contributed by atoms with Gasteiger partial charge in [0.1, 0.15) is 5.75 Å². The molecule has 0 amide bonds. The molecule has 0 aliphatic heterocycles. The number of phenols is 1. The molecule has 2 N–H and O–H groups in total. The Morgan fingerprint density at radius 2 is 1.06 bits per heavy atom. The number of unbranched alkanes of at least 4 members (excludes halogenated alkanes) is 15. The quantitative estimate of drug-likeness (QED) is 0.126. The predicted molar refractivity (Wildman–Crippen MR) is 149 cm³/mol. The molecule has 0 spiro atoms. The van der Waals surface area contributed by atoms with Gasteiger partial charge in [0.05, 0.1) is 5.69 Å². The van der Waals surface area contributed by atoms with Crippen LogP contribution in [0.4, 0.5) is 11.4 Å². The number of hydrogen-bond donors (Lipinski definition) is 2. The smallest absolute Gasteiger partial charge is 0.139 e. The Labute approximate surface area is 206 Å². The normalized spacial score (nSPS) is 11.1. The lowest BCUT2D eigenvalue weighted by Gasteiger charge is -2.26. The fraction of sp³-hybridized carbons (Fsp3) is 0.800. The van der Waals surface area contributed by atoms with Crippen LogP contribution in [0.5, 0.6) is 5.75 Å². The SMILES string of the molecule is CCCCCCCCNc1ccc(O)c(N(CCCCCCCC)CCCCCCCC)c1. The van der Waals surface area contributed by atoms with Gasteiger partial charge in [-0.25, -0.2) is 0 Å². The second kappa shape index (κ2) is 21.2. The molecule has 0 bridgehead atoms. The number of rotatable bonds is 23. The first-order valence-corrected chi connectivity index (χ1v) is 14.5. The fourth-order valence-electron chi connectivity index (χ4n) is 4.54. The molecule has 1 aromatic carbocycles. The summed E-state index contributed by atoms with van der Waals surface area (Å²) in [4.78, 5) is 2.45. The third-order valence-electron chi connectivity index (χ3n) is 6.74. The standard InChI is InChI=1S/C30H56N2O/c1-4-7-10-13-16-19-24-31-28-22-23-30(33)29(27-28)32(25-20-17-14-11-8-5-2)26-21-18-15-12-9-6-3/h22-23,27,31,33H,4-21,24-26H2,1-3H3. The number of aromatic hydroxyl groups is 1. The van der Waals surface area contributed by atoms with Crippen LogP contribution in [0.25, 0.3) is 0 Å². The Morgan fingerprint density at radius 3 is 1.58 bits per heavy atom. The van der Waals surface area contributed by atoms with Gasteiger partial charge in [0.25, 0.3) is 0 Å². The molecule has 0 saturated heterocycles. The molecule has 33 heavy (non-hydrogen) atoms. The van der Waals surface area contributed by atoms with Crippen molar-refractivity contribution in [3.63, 3.8) is 0 Å². The largest absolute Gasteiger partial charge is 0.506 e. The van der Waals surface area contributed by atoms with Crippen molar-refractivity contribution < 1.29 is 5.11 Å². The van der Waals surface area contributed by atoms with Crippen molar-refractivity contribution in [3.8, 4) is 5.75 Å². The number of nitrogens with one attached hydrogen (secondary N) is 1. The van der Waals surface area contributed by atoms with Crippen LogP contribution in [-0.4, -0.2) is 24.7 Å². The molecule has 0 atom stereocenters. The van der Waals surface area contributed by atoms with E-state index in [2.05, 4.69) is 37.1 Å². The van der Waals surface area contributed by atoms with E-state index in [1.165, 1.54) is 116 Å². The lowest BCUT2D eigenvalue weighted by atomic mass is 10.1. The van der Waals surface area contributed by atoms with Crippen LogP contribution in [0, 0.1) is 0 Å². The average Bonchev–Trinajstić information content (AvgIpc) is 2.82. The van der Waals surface area contributed by atoms with Crippen molar-refractivity contribution >= 4 is 11.4 Å². The summed E-state index contributed by atoms with van der Waals surface area (Å²) >= 11 is 0. The summed E-state index contributed by atoms with van der Waals surface area (Å²) in [5.74, 6) is 0.428. The minimum atomic E-state index is 0.428. The van der Waals surface area contributed by atoms with Gasteiger partial charge in [0.15, 0.2) is 0 Å². The van der Waals surface area contributed by atoms with Gasteiger partial charge in [0, 0.05) is 25.3 Å². The van der Waals surface area contributed by atoms with Gasteiger partial charge < -0.3 is 15.3 Å². The third kappa shape index (κ3) is 15.2. The van der Waals surface area contributed by atoms with Crippen LogP contribution in [0.2, 0.25) is 0 Å². The van der Waals surface area contributed by atoms with E-state index < -0.39 is 0 Å². The van der Waals surface area contributed by atoms with E-state index in [0.717, 1.165) is 31.0 Å². The first kappa shape index (κ1) is 29.7. The molecule has 0 radical (unpaired) electrons. The first-order chi connectivity index (χ1) is 16.2. The Bertz CT molecular complexity index is 544. The highest BCUT2D eigenvalue weighted by molar-refractivity contribution is 5.65. The van der Waals surface area contributed by atoms with E-state index in [1.54, 1.807) is 0 Å². The van der Waals surface area contributed by atoms with E-state index in [9.17, 15) is 5.11 Å². The van der Waals surface area contributed by atoms with E-state index >= 15 is 0 Å². The average molecular weight is 461 g/mol. The van der Waals surface area contributed by atoms with Crippen LogP contribution >= 0.6 is 0 Å². The van der Waals surface area contributed by atoms with Crippen LogP contribution in [0.3, 0.4) is 0 Å². The van der Waals surface area contributed by atoms with E-state index in [0.29, 0.717) is 5.75 Å². The third-order valence-corrected chi connectivity index (χ3v) is 6.74. The van der Waals surface area contributed by atoms with E-state index in [4.69, 9.17) is 0 Å². The maximum absolute atomic E-state index is 10.7. The Morgan fingerprint density at radius 1 is 0.606 bits per heavy atom. The van der Waals surface area contributed by atoms with E-state index in [-0.39, 0.29) is 0 Å². The minimum absolute atomic E-state index is 0.428. The molecule has 0 unspecified atom stereocenters. The molecule has 0 aliphatic carbocycles. The van der Waals surface area contributed by atoms with Crippen LogP contribution < -0.4 is 10.2 Å². The Hall–Kier alpha value is -1.38. The Balaban J connectivity index is 2.57. The molecule has 192 valence electrons. The van der Waals surface area contributed by atoms with Gasteiger partial charge >= 0.3 is 0 Å². The number of anilines is 2. The molecule has 3 nitrogen and oxygen atoms in total. The van der Waals surface area contributed by atoms with Crippen molar-refractivity contribution in [1.82, 2.24) is 0 Å². The van der Waals surface area contributed by atoms with Crippen molar-refractivity contribution in [2.75, 3.05) is 29.9 Å². The zero-order chi connectivity index (χ0) is 24.0. The second-order valence-electron chi connectivity index (χ2n) is 9.92. The van der Waals surface area contributed by atoms with Crippen molar-refractivity contribution in [2.24, 2.45) is 0 Å². The zero-order valence-corrected chi connectivity index (χ0v) is 22.5. The molecular formula is C30H56N2O. The van der Waals surface area contributed by atoms with E-state index in [1.807, 2.05) is 12.1 Å². The molecule has 0 aliphatic rings. The van der Waals surface area contributed by atoms with Crippen molar-refractivity contribution in [1.29, 1.82) is 0 Å². The molecule has 0 fully saturated rings. The van der Waals surface area contributed by atoms with Crippen molar-refractivity contribution in [3.05, 3.63) is 18.2 Å². The van der Waals surface area contributed by atoms with Crippen LogP contribution in [0.1, 0.15) is 136 Å². The second-order valence-corrected chi connectivity index (χ2v) is 9.92. The highest BCUT2D eigenvalue weighted by atomic mass is 16.3. The lowest BCUT2D eigenvalue weighted by Crippen LogP contribution is -2.26. The highest BCUT2D eigenvalue weighted by Crippen LogP contribution is 2.31. The summed E-state index contributed by atoms with van der Waals surface area (Å²) in [5.41, 5.74) is 2.16. The van der Waals surface area contributed by atoms with Crippen LogP contribution in [0.15, 0.2) is 18.2 Å². The molecular weight excluding hydrogens is 404 g/mol. The summed E-state index contributed by atoms with van der Waals surface area (Å²) in [7, 11) is 0. The first-order valence-electron chi connectivity index (χ1n) is 14.5. The molecule has 0 saturated carbocycles. The number of nitrogens with zero attached hydrogens (tertiary/aromatic N) is 1. The molecule has 3 heteroatoms. The maximum atomic E-state index is 10.7. The van der Waals surface area contributed by atoms with Crippen LogP contribution in [-0.2, 0) is 0 Å². The molecule has 1 rings (SSSR count). The zero-order valence-electron chi connectivity index (χ0n) is 22.5. The summed E-state index contributed by atoms with van der Waals surface area (Å²) < 4.78 is 0. The molecule has 1 aromatic rings. The number of phenolic OH excluding ortho intramolecular Hbond substituents is 1. The summed E-state index contributed by atoms with van der Waals surface area (Å²) in [5, 5.41) is 14.3. The summed E-state index contributed by atoms with van der Waals surface area (Å²) in [6.07, 6.45) is 23.6. The van der Waals surface area contributed by atoms with Gasteiger partial charge in [-0.3, -0.25) is 0 Å². The summed E-state index contributed by atoms with van der Waals surface area (Å²) in [6, 6.07) is 6.10. The summed E-state index contributed by atoms with van der Waals surface area (Å²) in [6.45, 7) is 9.94. The van der Waals surface area contributed by atoms with Gasteiger partial charge in [-0.15, -0.1) is 0 Å². The fourth-order valence-corrected chi connectivity index (χ4v) is 4.54. The Kier molecular flexibility index (Phi) is 19.0. The van der Waals surface area contributed by atoms with Gasteiger partial charge in [-0.1, -0.05) is 117 Å². The van der Waals surface area contributed by atoms with Gasteiger partial charge in [-0.05, 0) is 37.5 Å².